The van der Waals surface area contributed by atoms with Gasteiger partial charge < -0.3 is 10.2 Å². The highest BCUT2D eigenvalue weighted by molar-refractivity contribution is 5.09. The SMILES string of the molecule is NC1(CCc2ccoc2)CC1. The number of hydrogen-bond donors (Lipinski definition) is 1. The molecule has 0 unspecified atom stereocenters. The predicted octanol–water partition coefficient (Wildman–Crippen LogP) is 1.70. The van der Waals surface area contributed by atoms with Crippen molar-refractivity contribution in [3.05, 3.63) is 24.2 Å². The number of furan rings is 1. The molecule has 2 nitrogen and oxygen atoms in total. The summed E-state index contributed by atoms with van der Waals surface area (Å²) >= 11 is 0. The van der Waals surface area contributed by atoms with Gasteiger partial charge in [0.15, 0.2) is 0 Å². The molecule has 1 saturated carbocycles. The molecule has 0 aliphatic heterocycles. The van der Waals surface area contributed by atoms with Gasteiger partial charge in [0, 0.05) is 5.54 Å². The summed E-state index contributed by atoms with van der Waals surface area (Å²) in [5.74, 6) is 0. The highest BCUT2D eigenvalue weighted by Crippen LogP contribution is 2.36. The molecule has 2 heteroatoms. The van der Waals surface area contributed by atoms with Crippen molar-refractivity contribution in [3.63, 3.8) is 0 Å². The van der Waals surface area contributed by atoms with Crippen molar-refractivity contribution in [3.8, 4) is 0 Å². The summed E-state index contributed by atoms with van der Waals surface area (Å²) < 4.78 is 4.96. The minimum Gasteiger partial charge on any atom is -0.472 e. The second-order valence-corrected chi connectivity index (χ2v) is 3.49. The van der Waals surface area contributed by atoms with Crippen molar-refractivity contribution in [2.75, 3.05) is 0 Å². The predicted molar refractivity (Wildman–Crippen MR) is 43.2 cm³/mol. The molecule has 1 aromatic rings. The smallest absolute Gasteiger partial charge is 0.0934 e. The van der Waals surface area contributed by atoms with E-state index in [2.05, 4.69) is 0 Å². The van der Waals surface area contributed by atoms with Crippen molar-refractivity contribution in [1.82, 2.24) is 0 Å². The average Bonchev–Trinajstić information content (AvgIpc) is 2.53. The Kier molecular flexibility index (Phi) is 1.50. The minimum absolute atomic E-state index is 0.178. The van der Waals surface area contributed by atoms with Crippen LogP contribution in [0.1, 0.15) is 24.8 Å². The van der Waals surface area contributed by atoms with Gasteiger partial charge in [-0.1, -0.05) is 0 Å². The minimum atomic E-state index is 0.178. The summed E-state index contributed by atoms with van der Waals surface area (Å²) in [6, 6.07) is 2.01. The van der Waals surface area contributed by atoms with Crippen LogP contribution >= 0.6 is 0 Å². The summed E-state index contributed by atoms with van der Waals surface area (Å²) in [4.78, 5) is 0. The van der Waals surface area contributed by atoms with Crippen LogP contribution in [0, 0.1) is 0 Å². The Morgan fingerprint density at radius 3 is 2.91 bits per heavy atom. The lowest BCUT2D eigenvalue weighted by atomic mass is 10.1. The number of hydrogen-bond acceptors (Lipinski definition) is 2. The third kappa shape index (κ3) is 1.63. The lowest BCUT2D eigenvalue weighted by molar-refractivity contribution is 0.557. The van der Waals surface area contributed by atoms with Gasteiger partial charge in [-0.3, -0.25) is 0 Å². The quantitative estimate of drug-likeness (QED) is 0.714. The number of aryl methyl sites for hydroxylation is 1. The van der Waals surface area contributed by atoms with E-state index in [9.17, 15) is 0 Å². The lowest BCUT2D eigenvalue weighted by Crippen LogP contribution is -2.21. The molecular weight excluding hydrogens is 138 g/mol. The zero-order chi connectivity index (χ0) is 7.73. The largest absolute Gasteiger partial charge is 0.472 e. The molecule has 2 rings (SSSR count). The molecule has 1 heterocycles. The summed E-state index contributed by atoms with van der Waals surface area (Å²) in [6.07, 6.45) is 8.08. The van der Waals surface area contributed by atoms with Crippen LogP contribution in [0.15, 0.2) is 23.0 Å². The molecule has 0 amide bonds. The second kappa shape index (κ2) is 2.38. The first-order chi connectivity index (χ1) is 5.29. The van der Waals surface area contributed by atoms with E-state index >= 15 is 0 Å². The topological polar surface area (TPSA) is 39.2 Å². The molecule has 0 spiro atoms. The fourth-order valence-corrected chi connectivity index (χ4v) is 1.24. The van der Waals surface area contributed by atoms with E-state index in [-0.39, 0.29) is 5.54 Å². The van der Waals surface area contributed by atoms with Crippen LogP contribution in [0.5, 0.6) is 0 Å². The van der Waals surface area contributed by atoms with Gasteiger partial charge in [-0.25, -0.2) is 0 Å². The van der Waals surface area contributed by atoms with Gasteiger partial charge in [-0.15, -0.1) is 0 Å². The molecule has 1 fully saturated rings. The molecule has 0 radical (unpaired) electrons. The van der Waals surface area contributed by atoms with Crippen LogP contribution in [0.2, 0.25) is 0 Å². The van der Waals surface area contributed by atoms with Gasteiger partial charge in [0.25, 0.3) is 0 Å². The van der Waals surface area contributed by atoms with Crippen molar-refractivity contribution in [2.45, 2.75) is 31.2 Å². The van der Waals surface area contributed by atoms with Crippen LogP contribution in [0.25, 0.3) is 0 Å². The van der Waals surface area contributed by atoms with E-state index in [1.54, 1.807) is 12.5 Å². The van der Waals surface area contributed by atoms with Crippen molar-refractivity contribution in [1.29, 1.82) is 0 Å². The highest BCUT2D eigenvalue weighted by atomic mass is 16.3. The fraction of sp³-hybridized carbons (Fsp3) is 0.556. The number of rotatable bonds is 3. The maximum absolute atomic E-state index is 5.93. The Labute approximate surface area is 66.4 Å². The van der Waals surface area contributed by atoms with Crippen molar-refractivity contribution in [2.24, 2.45) is 5.73 Å². The molecule has 0 atom stereocenters. The van der Waals surface area contributed by atoms with Crippen LogP contribution in [0.4, 0.5) is 0 Å². The van der Waals surface area contributed by atoms with Gasteiger partial charge in [-0.05, 0) is 37.3 Å². The van der Waals surface area contributed by atoms with E-state index in [0.717, 1.165) is 12.8 Å². The zero-order valence-electron chi connectivity index (χ0n) is 6.55. The van der Waals surface area contributed by atoms with E-state index in [4.69, 9.17) is 10.2 Å². The Hall–Kier alpha value is -0.760. The summed E-state index contributed by atoms with van der Waals surface area (Å²) in [6.45, 7) is 0. The first-order valence-corrected chi connectivity index (χ1v) is 4.08. The van der Waals surface area contributed by atoms with Crippen LogP contribution in [0.3, 0.4) is 0 Å². The fourth-order valence-electron chi connectivity index (χ4n) is 1.24. The van der Waals surface area contributed by atoms with Crippen molar-refractivity contribution < 1.29 is 4.42 Å². The van der Waals surface area contributed by atoms with E-state index < -0.39 is 0 Å². The van der Waals surface area contributed by atoms with Gasteiger partial charge in [0.1, 0.15) is 0 Å². The molecule has 1 aliphatic carbocycles. The molecule has 2 N–H and O–H groups in total. The molecule has 60 valence electrons. The summed E-state index contributed by atoms with van der Waals surface area (Å²) in [7, 11) is 0. The van der Waals surface area contributed by atoms with E-state index in [1.165, 1.54) is 18.4 Å². The third-order valence-corrected chi connectivity index (χ3v) is 2.38. The molecule has 11 heavy (non-hydrogen) atoms. The monoisotopic (exact) mass is 151 g/mol. The second-order valence-electron chi connectivity index (χ2n) is 3.49. The molecule has 1 aromatic heterocycles. The average molecular weight is 151 g/mol. The Morgan fingerprint density at radius 1 is 1.55 bits per heavy atom. The molecule has 0 bridgehead atoms. The number of nitrogens with two attached hydrogens (primary N) is 1. The zero-order valence-corrected chi connectivity index (χ0v) is 6.55. The van der Waals surface area contributed by atoms with Gasteiger partial charge in [0.05, 0.1) is 12.5 Å². The maximum atomic E-state index is 5.93. The normalized spacial score (nSPS) is 20.1. The van der Waals surface area contributed by atoms with Crippen LogP contribution in [-0.4, -0.2) is 5.54 Å². The highest BCUT2D eigenvalue weighted by Gasteiger charge is 2.37. The Morgan fingerprint density at radius 2 is 2.36 bits per heavy atom. The Bertz CT molecular complexity index is 224. The van der Waals surface area contributed by atoms with Crippen LogP contribution in [-0.2, 0) is 6.42 Å². The van der Waals surface area contributed by atoms with Gasteiger partial charge >= 0.3 is 0 Å². The van der Waals surface area contributed by atoms with E-state index in [1.807, 2.05) is 6.07 Å². The molecule has 0 aromatic carbocycles. The summed E-state index contributed by atoms with van der Waals surface area (Å²) in [5.41, 5.74) is 7.38. The van der Waals surface area contributed by atoms with E-state index in [0.29, 0.717) is 0 Å². The van der Waals surface area contributed by atoms with Crippen molar-refractivity contribution >= 4 is 0 Å². The maximum Gasteiger partial charge on any atom is 0.0934 e. The third-order valence-electron chi connectivity index (χ3n) is 2.38. The first-order valence-electron chi connectivity index (χ1n) is 4.08. The first kappa shape index (κ1) is 6.92. The standard InChI is InChI=1S/C9H13NO/c10-9(4-5-9)3-1-8-2-6-11-7-8/h2,6-7H,1,3-5,10H2. The molecule has 1 aliphatic rings. The molecule has 0 saturated heterocycles. The summed E-state index contributed by atoms with van der Waals surface area (Å²) in [5, 5.41) is 0. The lowest BCUT2D eigenvalue weighted by Gasteiger charge is -2.05. The molecular formula is C9H13NO. The van der Waals surface area contributed by atoms with Gasteiger partial charge in [0.2, 0.25) is 0 Å². The van der Waals surface area contributed by atoms with Crippen LogP contribution < -0.4 is 5.73 Å². The Balaban J connectivity index is 1.83. The van der Waals surface area contributed by atoms with Gasteiger partial charge in [-0.2, -0.15) is 0 Å².